The summed E-state index contributed by atoms with van der Waals surface area (Å²) in [7, 11) is 0. The molecule has 0 aliphatic rings. The van der Waals surface area contributed by atoms with Crippen LogP contribution in [0.25, 0.3) is 11.0 Å². The standard InChI is InChI=1S/C16H13ClF2N2/c1-9-10(2)16(17)20-14-3-4-21(15(9)14)8-11-5-12(18)7-13(19)6-11/h3-7H,8H2,1-2H3. The Bertz CT molecular complexity index is 820. The molecule has 0 N–H and O–H groups in total. The molecule has 5 heteroatoms. The van der Waals surface area contributed by atoms with Gasteiger partial charge in [0.25, 0.3) is 0 Å². The summed E-state index contributed by atoms with van der Waals surface area (Å²) in [5, 5.41) is 0.481. The number of hydrogen-bond donors (Lipinski definition) is 0. The molecule has 0 unspecified atom stereocenters. The van der Waals surface area contributed by atoms with Crippen molar-refractivity contribution in [3.05, 3.63) is 63.9 Å². The van der Waals surface area contributed by atoms with Crippen LogP contribution in [0.4, 0.5) is 8.78 Å². The number of pyridine rings is 1. The third-order valence-electron chi connectivity index (χ3n) is 3.66. The summed E-state index contributed by atoms with van der Waals surface area (Å²) >= 11 is 6.08. The monoisotopic (exact) mass is 306 g/mol. The molecular formula is C16H13ClF2N2. The lowest BCUT2D eigenvalue weighted by Gasteiger charge is -2.10. The van der Waals surface area contributed by atoms with Gasteiger partial charge in [0.2, 0.25) is 0 Å². The first-order chi connectivity index (χ1) is 9.95. The predicted octanol–water partition coefficient (Wildman–Crippen LogP) is 4.63. The first-order valence-electron chi connectivity index (χ1n) is 6.52. The van der Waals surface area contributed by atoms with Gasteiger partial charge in [-0.05, 0) is 48.7 Å². The highest BCUT2D eigenvalue weighted by Gasteiger charge is 2.12. The number of fused-ring (bicyclic) bond motifs is 1. The minimum absolute atomic E-state index is 0.377. The molecule has 3 aromatic rings. The largest absolute Gasteiger partial charge is 0.342 e. The maximum absolute atomic E-state index is 13.3. The van der Waals surface area contributed by atoms with Crippen molar-refractivity contribution < 1.29 is 8.78 Å². The summed E-state index contributed by atoms with van der Waals surface area (Å²) in [6, 6.07) is 5.39. The highest BCUT2D eigenvalue weighted by molar-refractivity contribution is 6.30. The van der Waals surface area contributed by atoms with Crippen LogP contribution >= 0.6 is 11.6 Å². The van der Waals surface area contributed by atoms with Crippen LogP contribution < -0.4 is 0 Å². The summed E-state index contributed by atoms with van der Waals surface area (Å²) < 4.78 is 28.5. The number of nitrogens with zero attached hydrogens (tertiary/aromatic N) is 2. The van der Waals surface area contributed by atoms with Gasteiger partial charge < -0.3 is 4.57 Å². The molecule has 0 saturated carbocycles. The fraction of sp³-hybridized carbons (Fsp3) is 0.188. The van der Waals surface area contributed by atoms with Crippen molar-refractivity contribution >= 4 is 22.6 Å². The molecule has 0 radical (unpaired) electrons. The van der Waals surface area contributed by atoms with Crippen LogP contribution in [0.5, 0.6) is 0 Å². The molecule has 0 bridgehead atoms. The van der Waals surface area contributed by atoms with E-state index in [0.29, 0.717) is 17.3 Å². The van der Waals surface area contributed by atoms with Crippen LogP contribution in [-0.4, -0.2) is 9.55 Å². The molecule has 3 rings (SSSR count). The van der Waals surface area contributed by atoms with E-state index in [-0.39, 0.29) is 0 Å². The van der Waals surface area contributed by atoms with E-state index in [1.807, 2.05) is 30.7 Å². The maximum atomic E-state index is 13.3. The normalized spacial score (nSPS) is 11.3. The van der Waals surface area contributed by atoms with Gasteiger partial charge in [-0.1, -0.05) is 11.6 Å². The van der Waals surface area contributed by atoms with Gasteiger partial charge in [0.1, 0.15) is 16.8 Å². The van der Waals surface area contributed by atoms with Crippen LogP contribution in [0, 0.1) is 25.5 Å². The van der Waals surface area contributed by atoms with Crippen molar-refractivity contribution in [1.29, 1.82) is 0 Å². The zero-order valence-corrected chi connectivity index (χ0v) is 12.4. The Labute approximate surface area is 126 Å². The van der Waals surface area contributed by atoms with Crippen molar-refractivity contribution in [2.24, 2.45) is 0 Å². The molecular weight excluding hydrogens is 294 g/mol. The smallest absolute Gasteiger partial charge is 0.133 e. The van der Waals surface area contributed by atoms with Gasteiger partial charge in [-0.2, -0.15) is 0 Å². The van der Waals surface area contributed by atoms with E-state index < -0.39 is 11.6 Å². The minimum atomic E-state index is -0.574. The molecule has 2 aromatic heterocycles. The molecule has 2 heterocycles. The Kier molecular flexibility index (Phi) is 3.41. The molecule has 108 valence electrons. The minimum Gasteiger partial charge on any atom is -0.342 e. The molecule has 0 aliphatic heterocycles. The van der Waals surface area contributed by atoms with Crippen molar-refractivity contribution in [3.63, 3.8) is 0 Å². The number of halogens is 3. The fourth-order valence-electron chi connectivity index (χ4n) is 2.51. The molecule has 1 aromatic carbocycles. The highest BCUT2D eigenvalue weighted by atomic mass is 35.5. The summed E-state index contributed by atoms with van der Waals surface area (Å²) in [6.45, 7) is 4.25. The van der Waals surface area contributed by atoms with Gasteiger partial charge in [-0.25, -0.2) is 13.8 Å². The lowest BCUT2D eigenvalue weighted by atomic mass is 10.1. The molecule has 0 atom stereocenters. The molecule has 2 nitrogen and oxygen atoms in total. The number of hydrogen-bond acceptors (Lipinski definition) is 1. The summed E-state index contributed by atoms with van der Waals surface area (Å²) in [6.07, 6.45) is 1.85. The summed E-state index contributed by atoms with van der Waals surface area (Å²) in [5.74, 6) is -1.15. The van der Waals surface area contributed by atoms with Crippen molar-refractivity contribution in [2.45, 2.75) is 20.4 Å². The first-order valence-corrected chi connectivity index (χ1v) is 6.90. The second kappa shape index (κ2) is 5.11. The zero-order chi connectivity index (χ0) is 15.1. The van der Waals surface area contributed by atoms with E-state index >= 15 is 0 Å². The second-order valence-corrected chi connectivity index (χ2v) is 5.47. The molecule has 0 spiro atoms. The first kappa shape index (κ1) is 14.0. The quantitative estimate of drug-likeness (QED) is 0.631. The Balaban J connectivity index is 2.11. The lowest BCUT2D eigenvalue weighted by Crippen LogP contribution is -2.02. The molecule has 0 aliphatic carbocycles. The predicted molar refractivity (Wildman–Crippen MR) is 79.7 cm³/mol. The Morgan fingerprint density at radius 2 is 1.76 bits per heavy atom. The van der Waals surface area contributed by atoms with Crippen LogP contribution in [0.2, 0.25) is 5.15 Å². The Morgan fingerprint density at radius 1 is 1.10 bits per heavy atom. The summed E-state index contributed by atoms with van der Waals surface area (Å²) in [4.78, 5) is 4.33. The summed E-state index contributed by atoms with van der Waals surface area (Å²) in [5.41, 5.74) is 4.21. The van der Waals surface area contributed by atoms with E-state index in [1.54, 1.807) is 0 Å². The average Bonchev–Trinajstić information content (AvgIpc) is 2.78. The lowest BCUT2D eigenvalue weighted by molar-refractivity contribution is 0.578. The van der Waals surface area contributed by atoms with Gasteiger partial charge >= 0.3 is 0 Å². The van der Waals surface area contributed by atoms with E-state index in [1.165, 1.54) is 12.1 Å². The van der Waals surface area contributed by atoms with Crippen LogP contribution in [0.3, 0.4) is 0 Å². The SMILES string of the molecule is Cc1c(Cl)nc2ccn(Cc3cc(F)cc(F)c3)c2c1C. The third-order valence-corrected chi connectivity index (χ3v) is 4.03. The second-order valence-electron chi connectivity index (χ2n) is 5.11. The van der Waals surface area contributed by atoms with E-state index in [4.69, 9.17) is 11.6 Å². The van der Waals surface area contributed by atoms with Gasteiger partial charge in [0.15, 0.2) is 0 Å². The molecule has 21 heavy (non-hydrogen) atoms. The van der Waals surface area contributed by atoms with E-state index in [0.717, 1.165) is 28.2 Å². The van der Waals surface area contributed by atoms with Gasteiger partial charge in [0.05, 0.1) is 11.0 Å². The Hall–Kier alpha value is -1.94. The van der Waals surface area contributed by atoms with Gasteiger partial charge in [0, 0.05) is 18.8 Å². The maximum Gasteiger partial charge on any atom is 0.133 e. The highest BCUT2D eigenvalue weighted by Crippen LogP contribution is 2.26. The van der Waals surface area contributed by atoms with Crippen molar-refractivity contribution in [2.75, 3.05) is 0 Å². The fourth-order valence-corrected chi connectivity index (χ4v) is 2.74. The van der Waals surface area contributed by atoms with E-state index in [2.05, 4.69) is 4.98 Å². The topological polar surface area (TPSA) is 17.8 Å². The average molecular weight is 307 g/mol. The van der Waals surface area contributed by atoms with Crippen LogP contribution in [0.15, 0.2) is 30.5 Å². The molecule has 0 saturated heterocycles. The van der Waals surface area contributed by atoms with Gasteiger partial charge in [-0.3, -0.25) is 0 Å². The number of rotatable bonds is 2. The number of aryl methyl sites for hydroxylation is 1. The van der Waals surface area contributed by atoms with Crippen molar-refractivity contribution in [1.82, 2.24) is 9.55 Å². The van der Waals surface area contributed by atoms with Crippen LogP contribution in [0.1, 0.15) is 16.7 Å². The molecule has 0 amide bonds. The Morgan fingerprint density at radius 3 is 2.43 bits per heavy atom. The van der Waals surface area contributed by atoms with E-state index in [9.17, 15) is 8.78 Å². The third kappa shape index (κ3) is 2.51. The van der Waals surface area contributed by atoms with Crippen molar-refractivity contribution in [3.8, 4) is 0 Å². The van der Waals surface area contributed by atoms with Gasteiger partial charge in [-0.15, -0.1) is 0 Å². The zero-order valence-electron chi connectivity index (χ0n) is 11.6. The van der Waals surface area contributed by atoms with Crippen LogP contribution in [-0.2, 0) is 6.54 Å². The number of benzene rings is 1. The number of aromatic nitrogens is 2. The molecule has 0 fully saturated rings.